The second kappa shape index (κ2) is 7.34. The van der Waals surface area contributed by atoms with Gasteiger partial charge in [-0.15, -0.1) is 0 Å². The molecule has 110 valence electrons. The second-order valence-corrected chi connectivity index (χ2v) is 5.10. The molecule has 0 bridgehead atoms. The standard InChI is InChI=1S/C16H14Cl2O3/c1-2-20-16(19)12-4-3-5-13(9-12)21-10-11-6-7-14(17)15(18)8-11/h3-9H,2,10H2,1H3. The molecule has 0 aromatic heterocycles. The summed E-state index contributed by atoms with van der Waals surface area (Å²) in [5, 5.41) is 0.989. The molecule has 0 N–H and O–H groups in total. The van der Waals surface area contributed by atoms with E-state index in [2.05, 4.69) is 0 Å². The minimum atomic E-state index is -0.363. The van der Waals surface area contributed by atoms with Crippen molar-refractivity contribution < 1.29 is 14.3 Å². The highest BCUT2D eigenvalue weighted by Gasteiger charge is 2.07. The van der Waals surface area contributed by atoms with Crippen LogP contribution in [-0.2, 0) is 11.3 Å². The van der Waals surface area contributed by atoms with Crippen LogP contribution in [-0.4, -0.2) is 12.6 Å². The van der Waals surface area contributed by atoms with Crippen LogP contribution in [0.15, 0.2) is 42.5 Å². The highest BCUT2D eigenvalue weighted by Crippen LogP contribution is 2.23. The third kappa shape index (κ3) is 4.38. The number of carbonyl (C=O) groups excluding carboxylic acids is 1. The lowest BCUT2D eigenvalue weighted by molar-refractivity contribution is 0.0526. The summed E-state index contributed by atoms with van der Waals surface area (Å²) in [7, 11) is 0. The van der Waals surface area contributed by atoms with Crippen molar-refractivity contribution in [2.45, 2.75) is 13.5 Å². The molecule has 0 aliphatic heterocycles. The van der Waals surface area contributed by atoms with E-state index in [1.54, 1.807) is 43.3 Å². The van der Waals surface area contributed by atoms with Crippen LogP contribution < -0.4 is 4.74 Å². The molecule has 0 heterocycles. The Labute approximate surface area is 133 Å². The van der Waals surface area contributed by atoms with Gasteiger partial charge in [-0.1, -0.05) is 35.3 Å². The lowest BCUT2D eigenvalue weighted by Gasteiger charge is -2.08. The molecule has 0 aliphatic carbocycles. The molecule has 0 fully saturated rings. The fourth-order valence-corrected chi connectivity index (χ4v) is 2.04. The number of hydrogen-bond acceptors (Lipinski definition) is 3. The second-order valence-electron chi connectivity index (χ2n) is 4.29. The van der Waals surface area contributed by atoms with Crippen LogP contribution in [0.1, 0.15) is 22.8 Å². The van der Waals surface area contributed by atoms with E-state index in [0.29, 0.717) is 34.6 Å². The summed E-state index contributed by atoms with van der Waals surface area (Å²) in [6, 6.07) is 12.2. The summed E-state index contributed by atoms with van der Waals surface area (Å²) in [6.45, 7) is 2.44. The monoisotopic (exact) mass is 324 g/mol. The van der Waals surface area contributed by atoms with E-state index in [0.717, 1.165) is 5.56 Å². The summed E-state index contributed by atoms with van der Waals surface area (Å²) in [4.78, 5) is 11.6. The number of esters is 1. The summed E-state index contributed by atoms with van der Waals surface area (Å²) in [5.74, 6) is 0.226. The van der Waals surface area contributed by atoms with Gasteiger partial charge in [0.05, 0.1) is 22.2 Å². The van der Waals surface area contributed by atoms with Gasteiger partial charge in [-0.05, 0) is 42.8 Å². The number of ether oxygens (including phenoxy) is 2. The van der Waals surface area contributed by atoms with Crippen LogP contribution in [0.3, 0.4) is 0 Å². The third-order valence-electron chi connectivity index (χ3n) is 2.73. The van der Waals surface area contributed by atoms with Crippen molar-refractivity contribution >= 4 is 29.2 Å². The normalized spacial score (nSPS) is 10.2. The van der Waals surface area contributed by atoms with Crippen LogP contribution in [0.4, 0.5) is 0 Å². The zero-order valence-corrected chi connectivity index (χ0v) is 12.9. The largest absolute Gasteiger partial charge is 0.489 e. The summed E-state index contributed by atoms with van der Waals surface area (Å²) < 4.78 is 10.6. The number of hydrogen-bond donors (Lipinski definition) is 0. The van der Waals surface area contributed by atoms with Gasteiger partial charge in [-0.3, -0.25) is 0 Å². The van der Waals surface area contributed by atoms with E-state index in [4.69, 9.17) is 32.7 Å². The lowest BCUT2D eigenvalue weighted by Crippen LogP contribution is -2.05. The van der Waals surface area contributed by atoms with E-state index in [1.807, 2.05) is 6.07 Å². The predicted molar refractivity (Wildman–Crippen MR) is 83.2 cm³/mol. The molecular weight excluding hydrogens is 311 g/mol. The topological polar surface area (TPSA) is 35.5 Å². The van der Waals surface area contributed by atoms with Gasteiger partial charge in [0, 0.05) is 0 Å². The maximum atomic E-state index is 11.6. The lowest BCUT2D eigenvalue weighted by atomic mass is 10.2. The minimum Gasteiger partial charge on any atom is -0.489 e. The van der Waals surface area contributed by atoms with E-state index >= 15 is 0 Å². The molecule has 0 radical (unpaired) electrons. The average Bonchev–Trinajstić information content (AvgIpc) is 2.49. The number of carbonyl (C=O) groups is 1. The Bertz CT molecular complexity index is 641. The number of halogens is 2. The Morgan fingerprint density at radius 3 is 2.62 bits per heavy atom. The van der Waals surface area contributed by atoms with Crippen LogP contribution in [0, 0.1) is 0 Å². The SMILES string of the molecule is CCOC(=O)c1cccc(OCc2ccc(Cl)c(Cl)c2)c1. The quantitative estimate of drug-likeness (QED) is 0.744. The highest BCUT2D eigenvalue weighted by atomic mass is 35.5. The number of benzene rings is 2. The van der Waals surface area contributed by atoms with Crippen molar-refractivity contribution in [3.8, 4) is 5.75 Å². The zero-order valence-electron chi connectivity index (χ0n) is 11.4. The molecule has 0 saturated carbocycles. The molecule has 0 atom stereocenters. The van der Waals surface area contributed by atoms with Gasteiger partial charge >= 0.3 is 5.97 Å². The fourth-order valence-electron chi connectivity index (χ4n) is 1.72. The van der Waals surface area contributed by atoms with Crippen molar-refractivity contribution in [3.05, 3.63) is 63.6 Å². The molecular formula is C16H14Cl2O3. The van der Waals surface area contributed by atoms with Gasteiger partial charge in [0.15, 0.2) is 0 Å². The van der Waals surface area contributed by atoms with Gasteiger partial charge in [-0.25, -0.2) is 4.79 Å². The highest BCUT2D eigenvalue weighted by molar-refractivity contribution is 6.42. The first-order valence-electron chi connectivity index (χ1n) is 6.44. The van der Waals surface area contributed by atoms with Crippen molar-refractivity contribution in [2.75, 3.05) is 6.61 Å². The van der Waals surface area contributed by atoms with Crippen molar-refractivity contribution in [3.63, 3.8) is 0 Å². The first-order valence-corrected chi connectivity index (χ1v) is 7.19. The van der Waals surface area contributed by atoms with Crippen molar-refractivity contribution in [2.24, 2.45) is 0 Å². The van der Waals surface area contributed by atoms with E-state index in [-0.39, 0.29) is 5.97 Å². The molecule has 21 heavy (non-hydrogen) atoms. The Hall–Kier alpha value is -1.71. The summed E-state index contributed by atoms with van der Waals surface area (Å²) >= 11 is 11.8. The third-order valence-corrected chi connectivity index (χ3v) is 3.47. The molecule has 2 aromatic rings. The van der Waals surface area contributed by atoms with Crippen molar-refractivity contribution in [1.29, 1.82) is 0 Å². The van der Waals surface area contributed by atoms with Crippen LogP contribution >= 0.6 is 23.2 Å². The summed E-state index contributed by atoms with van der Waals surface area (Å²) in [5.41, 5.74) is 1.36. The fraction of sp³-hybridized carbons (Fsp3) is 0.188. The molecule has 0 aliphatic rings. The molecule has 2 aromatic carbocycles. The number of rotatable bonds is 5. The Morgan fingerprint density at radius 2 is 1.90 bits per heavy atom. The van der Waals surface area contributed by atoms with Gasteiger partial charge in [-0.2, -0.15) is 0 Å². The zero-order chi connectivity index (χ0) is 15.2. The maximum Gasteiger partial charge on any atom is 0.338 e. The molecule has 0 spiro atoms. The summed E-state index contributed by atoms with van der Waals surface area (Å²) in [6.07, 6.45) is 0. The first-order chi connectivity index (χ1) is 10.1. The minimum absolute atomic E-state index is 0.336. The van der Waals surface area contributed by atoms with Gasteiger partial charge < -0.3 is 9.47 Å². The van der Waals surface area contributed by atoms with Crippen LogP contribution in [0.5, 0.6) is 5.75 Å². The molecule has 2 rings (SSSR count). The molecule has 0 amide bonds. The Morgan fingerprint density at radius 1 is 1.10 bits per heavy atom. The predicted octanol–water partition coefficient (Wildman–Crippen LogP) is 4.75. The average molecular weight is 325 g/mol. The smallest absolute Gasteiger partial charge is 0.338 e. The van der Waals surface area contributed by atoms with E-state index in [1.165, 1.54) is 0 Å². The van der Waals surface area contributed by atoms with Gasteiger partial charge in [0.2, 0.25) is 0 Å². The van der Waals surface area contributed by atoms with E-state index < -0.39 is 0 Å². The van der Waals surface area contributed by atoms with Crippen molar-refractivity contribution in [1.82, 2.24) is 0 Å². The van der Waals surface area contributed by atoms with Gasteiger partial charge in [0.1, 0.15) is 12.4 Å². The van der Waals surface area contributed by atoms with E-state index in [9.17, 15) is 4.79 Å². The molecule has 5 heteroatoms. The van der Waals surface area contributed by atoms with Crippen LogP contribution in [0.2, 0.25) is 10.0 Å². The first kappa shape index (κ1) is 15.7. The Balaban J connectivity index is 2.04. The molecule has 3 nitrogen and oxygen atoms in total. The molecule has 0 unspecified atom stereocenters. The molecule has 0 saturated heterocycles. The van der Waals surface area contributed by atoms with Crippen LogP contribution in [0.25, 0.3) is 0 Å². The van der Waals surface area contributed by atoms with Gasteiger partial charge in [0.25, 0.3) is 0 Å². The maximum absolute atomic E-state index is 11.6. The Kier molecular flexibility index (Phi) is 5.48.